The van der Waals surface area contributed by atoms with Gasteiger partial charge in [-0.25, -0.2) is 4.98 Å². The fourth-order valence-electron chi connectivity index (χ4n) is 3.13. The summed E-state index contributed by atoms with van der Waals surface area (Å²) >= 11 is 7.67. The maximum atomic E-state index is 12.5. The topological polar surface area (TPSA) is 74.8 Å². The van der Waals surface area contributed by atoms with Crippen LogP contribution in [0.15, 0.2) is 64.5 Å². The summed E-state index contributed by atoms with van der Waals surface area (Å²) in [6, 6.07) is 17.2. The van der Waals surface area contributed by atoms with Crippen LogP contribution in [0.5, 0.6) is 0 Å². The number of aryl methyl sites for hydroxylation is 1. The molecule has 3 aromatic rings. The number of hydrogen-bond donors (Lipinski definition) is 2. The minimum absolute atomic E-state index is 0.135. The van der Waals surface area contributed by atoms with Crippen LogP contribution in [0.4, 0.5) is 0 Å². The van der Waals surface area contributed by atoms with E-state index in [1.807, 2.05) is 55.5 Å². The molecule has 0 bridgehead atoms. The number of hydrogen-bond acceptors (Lipinski definition) is 4. The number of aromatic amines is 1. The van der Waals surface area contributed by atoms with Crippen LogP contribution in [-0.2, 0) is 17.0 Å². The average Bonchev–Trinajstić information content (AvgIpc) is 2.72. The van der Waals surface area contributed by atoms with Crippen molar-refractivity contribution in [1.82, 2.24) is 15.3 Å². The molecule has 30 heavy (non-hydrogen) atoms. The van der Waals surface area contributed by atoms with Crippen molar-refractivity contribution in [2.45, 2.75) is 43.6 Å². The maximum Gasteiger partial charge on any atom is 0.254 e. The van der Waals surface area contributed by atoms with Gasteiger partial charge in [0.2, 0.25) is 5.91 Å². The van der Waals surface area contributed by atoms with E-state index in [2.05, 4.69) is 15.3 Å². The minimum atomic E-state index is -0.208. The first-order valence-corrected chi connectivity index (χ1v) is 11.1. The van der Waals surface area contributed by atoms with Crippen LogP contribution in [0.2, 0.25) is 5.02 Å². The van der Waals surface area contributed by atoms with Crippen molar-refractivity contribution < 1.29 is 4.79 Å². The smallest absolute Gasteiger partial charge is 0.254 e. The second-order valence-corrected chi connectivity index (χ2v) is 8.39. The Morgan fingerprint density at radius 1 is 1.17 bits per heavy atom. The van der Waals surface area contributed by atoms with Gasteiger partial charge in [0.1, 0.15) is 0 Å². The molecule has 2 N–H and O–H groups in total. The van der Waals surface area contributed by atoms with Crippen LogP contribution in [0, 0.1) is 6.92 Å². The van der Waals surface area contributed by atoms with Gasteiger partial charge in [0.25, 0.3) is 5.56 Å². The molecule has 1 aromatic heterocycles. The number of nitrogens with one attached hydrogen (secondary N) is 2. The fourth-order valence-corrected chi connectivity index (χ4v) is 4.29. The summed E-state index contributed by atoms with van der Waals surface area (Å²) in [6.07, 6.45) is 0.537. The van der Waals surface area contributed by atoms with Crippen molar-refractivity contribution in [2.75, 3.05) is 0 Å². The number of amides is 1. The molecule has 0 saturated heterocycles. The number of H-pyrrole nitrogens is 1. The number of halogens is 1. The number of thioether (sulfide) groups is 1. The predicted octanol–water partition coefficient (Wildman–Crippen LogP) is 4.83. The highest BCUT2D eigenvalue weighted by molar-refractivity contribution is 7.98. The van der Waals surface area contributed by atoms with E-state index >= 15 is 0 Å². The number of benzene rings is 2. The second-order valence-electron chi connectivity index (χ2n) is 7.02. The van der Waals surface area contributed by atoms with Crippen LogP contribution in [0.1, 0.15) is 41.8 Å². The predicted molar refractivity (Wildman–Crippen MR) is 122 cm³/mol. The first-order valence-electron chi connectivity index (χ1n) is 9.74. The Kier molecular flexibility index (Phi) is 7.71. The molecule has 0 aliphatic carbocycles. The molecule has 0 radical (unpaired) electrons. The van der Waals surface area contributed by atoms with E-state index in [1.165, 1.54) is 11.8 Å². The summed E-state index contributed by atoms with van der Waals surface area (Å²) in [6.45, 7) is 3.69. The molecule has 7 heteroatoms. The van der Waals surface area contributed by atoms with Gasteiger partial charge in [-0.05, 0) is 37.5 Å². The molecule has 3 rings (SSSR count). The molecule has 2 aromatic carbocycles. The summed E-state index contributed by atoms with van der Waals surface area (Å²) in [4.78, 5) is 32.2. The zero-order valence-corrected chi connectivity index (χ0v) is 18.5. The molecule has 5 nitrogen and oxygen atoms in total. The lowest BCUT2D eigenvalue weighted by atomic mass is 10.1. The number of carbonyl (C=O) groups excluding carboxylic acids is 1. The Hall–Kier alpha value is -2.57. The van der Waals surface area contributed by atoms with Crippen LogP contribution < -0.4 is 10.9 Å². The van der Waals surface area contributed by atoms with Crippen molar-refractivity contribution in [3.05, 3.63) is 92.4 Å². The molecular weight excluding hydrogens is 418 g/mol. The third-order valence-corrected chi connectivity index (χ3v) is 6.06. The van der Waals surface area contributed by atoms with E-state index in [9.17, 15) is 9.59 Å². The van der Waals surface area contributed by atoms with Gasteiger partial charge in [-0.2, -0.15) is 0 Å². The van der Waals surface area contributed by atoms with Crippen LogP contribution in [-0.4, -0.2) is 15.9 Å². The molecular formula is C23H24ClN3O2S. The Labute approximate surface area is 185 Å². The summed E-state index contributed by atoms with van der Waals surface area (Å²) in [7, 11) is 0. The number of carbonyl (C=O) groups is 1. The highest BCUT2D eigenvalue weighted by atomic mass is 35.5. The zero-order valence-electron chi connectivity index (χ0n) is 16.9. The summed E-state index contributed by atoms with van der Waals surface area (Å²) in [5.74, 6) is 0.592. The lowest BCUT2D eigenvalue weighted by molar-refractivity contribution is -0.121. The van der Waals surface area contributed by atoms with Gasteiger partial charge in [-0.15, -0.1) is 0 Å². The van der Waals surface area contributed by atoms with Gasteiger partial charge in [-0.3, -0.25) is 9.59 Å². The average molecular weight is 442 g/mol. The number of nitrogens with zero attached hydrogens (tertiary/aromatic N) is 1. The molecule has 0 spiro atoms. The maximum absolute atomic E-state index is 12.5. The fraction of sp³-hybridized carbons (Fsp3) is 0.261. The molecule has 1 atom stereocenters. The van der Waals surface area contributed by atoms with Gasteiger partial charge in [0.15, 0.2) is 5.16 Å². The summed E-state index contributed by atoms with van der Waals surface area (Å²) in [5, 5.41) is 4.14. The lowest BCUT2D eigenvalue weighted by Crippen LogP contribution is -2.28. The Balaban J connectivity index is 1.58. The Morgan fingerprint density at radius 3 is 2.57 bits per heavy atom. The molecule has 0 aliphatic rings. The normalized spacial score (nSPS) is 11.8. The molecule has 1 amide bonds. The summed E-state index contributed by atoms with van der Waals surface area (Å²) in [5.41, 5.74) is 3.03. The zero-order chi connectivity index (χ0) is 21.5. The van der Waals surface area contributed by atoms with E-state index in [0.717, 1.165) is 16.9 Å². The highest BCUT2D eigenvalue weighted by Crippen LogP contribution is 2.22. The first-order chi connectivity index (χ1) is 14.4. The van der Waals surface area contributed by atoms with Crippen molar-refractivity contribution in [3.8, 4) is 0 Å². The Bertz CT molecular complexity index is 1070. The van der Waals surface area contributed by atoms with Crippen molar-refractivity contribution in [1.29, 1.82) is 0 Å². The number of rotatable bonds is 8. The van der Waals surface area contributed by atoms with Gasteiger partial charge in [0.05, 0.1) is 6.04 Å². The highest BCUT2D eigenvalue weighted by Gasteiger charge is 2.14. The Morgan fingerprint density at radius 2 is 1.87 bits per heavy atom. The van der Waals surface area contributed by atoms with Gasteiger partial charge < -0.3 is 10.3 Å². The van der Waals surface area contributed by atoms with Crippen LogP contribution in [0.25, 0.3) is 0 Å². The SMILES string of the molecule is Cc1nc(SCc2ccccc2)[nH]c(=O)c1CCC(=O)N[C@@H](C)c1ccccc1Cl. The molecule has 0 saturated carbocycles. The van der Waals surface area contributed by atoms with Crippen molar-refractivity contribution in [3.63, 3.8) is 0 Å². The number of aromatic nitrogens is 2. The van der Waals surface area contributed by atoms with E-state index < -0.39 is 0 Å². The first kappa shape index (κ1) is 22.1. The lowest BCUT2D eigenvalue weighted by Gasteiger charge is -2.15. The van der Waals surface area contributed by atoms with Gasteiger partial charge in [0, 0.05) is 28.5 Å². The molecule has 0 unspecified atom stereocenters. The third-order valence-electron chi connectivity index (χ3n) is 4.77. The van der Waals surface area contributed by atoms with E-state index in [0.29, 0.717) is 27.9 Å². The quantitative estimate of drug-likeness (QED) is 0.387. The van der Waals surface area contributed by atoms with Crippen molar-refractivity contribution in [2.24, 2.45) is 0 Å². The van der Waals surface area contributed by atoms with Gasteiger partial charge >= 0.3 is 0 Å². The summed E-state index contributed by atoms with van der Waals surface area (Å²) < 4.78 is 0. The molecule has 1 heterocycles. The minimum Gasteiger partial charge on any atom is -0.350 e. The second kappa shape index (κ2) is 10.5. The van der Waals surface area contributed by atoms with Crippen LogP contribution in [0.3, 0.4) is 0 Å². The van der Waals surface area contributed by atoms with Crippen molar-refractivity contribution >= 4 is 29.3 Å². The standard InChI is InChI=1S/C23H24ClN3O2S/c1-15(18-10-6-7-11-20(18)24)25-21(28)13-12-19-16(2)26-23(27-22(19)29)30-14-17-8-4-3-5-9-17/h3-11,15H,12-14H2,1-2H3,(H,25,28)(H,26,27,29)/t15-/m0/s1. The van der Waals surface area contributed by atoms with E-state index in [4.69, 9.17) is 11.6 Å². The molecule has 0 fully saturated rings. The molecule has 0 aliphatic heterocycles. The van der Waals surface area contributed by atoms with E-state index in [1.54, 1.807) is 13.0 Å². The monoisotopic (exact) mass is 441 g/mol. The largest absolute Gasteiger partial charge is 0.350 e. The van der Waals surface area contributed by atoms with Crippen LogP contribution >= 0.6 is 23.4 Å². The third kappa shape index (κ3) is 5.97. The van der Waals surface area contributed by atoms with E-state index in [-0.39, 0.29) is 23.9 Å². The van der Waals surface area contributed by atoms with Gasteiger partial charge in [-0.1, -0.05) is 71.9 Å². The molecule has 156 valence electrons.